The maximum Gasteiger partial charge on any atom is 0.237 e. The number of hydrogen-bond donors (Lipinski definition) is 2. The van der Waals surface area contributed by atoms with Crippen LogP contribution in [0.3, 0.4) is 0 Å². The first kappa shape index (κ1) is 19.8. The molecule has 2 amide bonds. The van der Waals surface area contributed by atoms with Crippen molar-refractivity contribution in [1.82, 2.24) is 0 Å². The van der Waals surface area contributed by atoms with Gasteiger partial charge < -0.3 is 15.4 Å². The molecule has 0 aliphatic carbocycles. The lowest BCUT2D eigenvalue weighted by molar-refractivity contribution is -0.115. The number of nitrogens with one attached hydrogen (secondary N) is 2. The van der Waals surface area contributed by atoms with Crippen molar-refractivity contribution in [3.8, 4) is 5.75 Å². The number of thioether (sulfide) groups is 1. The number of aryl methyl sites for hydroxylation is 2. The van der Waals surface area contributed by atoms with Gasteiger partial charge in [0.05, 0.1) is 18.1 Å². The first-order valence-corrected chi connectivity index (χ1v) is 9.37. The number of benzene rings is 2. The smallest absolute Gasteiger partial charge is 0.237 e. The van der Waals surface area contributed by atoms with E-state index in [9.17, 15) is 9.59 Å². The summed E-state index contributed by atoms with van der Waals surface area (Å²) in [5.74, 6) is 0.680. The molecule has 26 heavy (non-hydrogen) atoms. The van der Waals surface area contributed by atoms with Gasteiger partial charge in [-0.25, -0.2) is 0 Å². The molecule has 0 bridgehead atoms. The van der Waals surface area contributed by atoms with E-state index in [1.807, 2.05) is 32.0 Å². The molecular weight excluding hydrogens is 348 g/mol. The molecule has 0 radical (unpaired) electrons. The van der Waals surface area contributed by atoms with E-state index in [4.69, 9.17) is 4.74 Å². The summed E-state index contributed by atoms with van der Waals surface area (Å²) >= 11 is 1.30. The molecule has 0 aromatic heterocycles. The predicted octanol–water partition coefficient (Wildman–Crippen LogP) is 4.01. The van der Waals surface area contributed by atoms with Crippen LogP contribution in [0.1, 0.15) is 18.1 Å². The van der Waals surface area contributed by atoms with E-state index in [1.54, 1.807) is 38.3 Å². The summed E-state index contributed by atoms with van der Waals surface area (Å²) in [6.07, 6.45) is 0. The Morgan fingerprint density at radius 2 is 1.65 bits per heavy atom. The third-order valence-electron chi connectivity index (χ3n) is 3.98. The molecule has 1 unspecified atom stereocenters. The van der Waals surface area contributed by atoms with Crippen molar-refractivity contribution in [3.63, 3.8) is 0 Å². The maximum atomic E-state index is 12.2. The lowest BCUT2D eigenvalue weighted by atomic mass is 10.1. The van der Waals surface area contributed by atoms with Gasteiger partial charge in [-0.15, -0.1) is 11.8 Å². The molecule has 2 rings (SSSR count). The molecule has 2 aromatic carbocycles. The van der Waals surface area contributed by atoms with Crippen LogP contribution in [-0.4, -0.2) is 29.9 Å². The Morgan fingerprint density at radius 3 is 2.27 bits per heavy atom. The van der Waals surface area contributed by atoms with Crippen molar-refractivity contribution in [2.75, 3.05) is 23.5 Å². The molecule has 138 valence electrons. The number of carbonyl (C=O) groups excluding carboxylic acids is 2. The Morgan fingerprint density at radius 1 is 1.00 bits per heavy atom. The molecule has 2 aromatic rings. The Balaban J connectivity index is 1.80. The summed E-state index contributed by atoms with van der Waals surface area (Å²) < 4.78 is 5.09. The number of amides is 2. The highest BCUT2D eigenvalue weighted by Gasteiger charge is 2.15. The third-order valence-corrected chi connectivity index (χ3v) is 5.12. The average Bonchev–Trinajstić information content (AvgIpc) is 2.63. The molecule has 0 saturated heterocycles. The summed E-state index contributed by atoms with van der Waals surface area (Å²) in [7, 11) is 1.59. The van der Waals surface area contributed by atoms with Gasteiger partial charge in [0.2, 0.25) is 11.8 Å². The number of ether oxygens (including phenoxy) is 1. The normalized spacial score (nSPS) is 11.5. The van der Waals surface area contributed by atoms with Crippen molar-refractivity contribution in [2.45, 2.75) is 26.0 Å². The fourth-order valence-electron chi connectivity index (χ4n) is 2.21. The molecule has 0 aliphatic rings. The van der Waals surface area contributed by atoms with E-state index in [0.717, 1.165) is 17.0 Å². The number of methoxy groups -OCH3 is 1. The minimum absolute atomic E-state index is 0.123. The lowest BCUT2D eigenvalue weighted by Crippen LogP contribution is -2.25. The highest BCUT2D eigenvalue weighted by atomic mass is 32.2. The van der Waals surface area contributed by atoms with Crippen LogP contribution < -0.4 is 15.4 Å². The van der Waals surface area contributed by atoms with Crippen LogP contribution >= 0.6 is 11.8 Å². The zero-order valence-corrected chi connectivity index (χ0v) is 16.3. The first-order valence-electron chi connectivity index (χ1n) is 8.32. The van der Waals surface area contributed by atoms with Crippen LogP contribution in [0.4, 0.5) is 11.4 Å². The summed E-state index contributed by atoms with van der Waals surface area (Å²) in [4.78, 5) is 24.3. The average molecular weight is 372 g/mol. The lowest BCUT2D eigenvalue weighted by Gasteiger charge is -2.13. The number of rotatable bonds is 7. The quantitative estimate of drug-likeness (QED) is 0.771. The van der Waals surface area contributed by atoms with Gasteiger partial charge >= 0.3 is 0 Å². The van der Waals surface area contributed by atoms with Crippen molar-refractivity contribution < 1.29 is 14.3 Å². The minimum atomic E-state index is -0.345. The zero-order chi connectivity index (χ0) is 19.1. The highest BCUT2D eigenvalue weighted by Crippen LogP contribution is 2.18. The molecule has 0 saturated carbocycles. The number of anilines is 2. The predicted molar refractivity (Wildman–Crippen MR) is 108 cm³/mol. The Hall–Kier alpha value is -2.47. The number of hydrogen-bond acceptors (Lipinski definition) is 4. The van der Waals surface area contributed by atoms with Gasteiger partial charge in [-0.1, -0.05) is 6.07 Å². The van der Waals surface area contributed by atoms with Gasteiger partial charge in [0, 0.05) is 11.4 Å². The fourth-order valence-corrected chi connectivity index (χ4v) is 2.89. The van der Waals surface area contributed by atoms with Crippen molar-refractivity contribution in [1.29, 1.82) is 0 Å². The Kier molecular flexibility index (Phi) is 7.09. The number of carbonyl (C=O) groups is 2. The molecule has 0 fully saturated rings. The fraction of sp³-hybridized carbons (Fsp3) is 0.300. The minimum Gasteiger partial charge on any atom is -0.497 e. The van der Waals surface area contributed by atoms with E-state index in [-0.39, 0.29) is 22.8 Å². The second-order valence-corrected chi connectivity index (χ2v) is 7.35. The van der Waals surface area contributed by atoms with Gasteiger partial charge in [0.1, 0.15) is 5.75 Å². The summed E-state index contributed by atoms with van der Waals surface area (Å²) in [6, 6.07) is 12.9. The van der Waals surface area contributed by atoms with Crippen LogP contribution in [0.25, 0.3) is 0 Å². The van der Waals surface area contributed by atoms with Gasteiger partial charge in [-0.3, -0.25) is 9.59 Å². The van der Waals surface area contributed by atoms with Crippen LogP contribution in [0, 0.1) is 13.8 Å². The van der Waals surface area contributed by atoms with E-state index in [1.165, 1.54) is 17.3 Å². The van der Waals surface area contributed by atoms with E-state index < -0.39 is 0 Å². The molecule has 6 heteroatoms. The van der Waals surface area contributed by atoms with E-state index in [0.29, 0.717) is 5.69 Å². The highest BCUT2D eigenvalue weighted by molar-refractivity contribution is 8.01. The van der Waals surface area contributed by atoms with Gasteiger partial charge in [-0.05, 0) is 68.3 Å². The Bertz CT molecular complexity index is 775. The second-order valence-electron chi connectivity index (χ2n) is 6.02. The van der Waals surface area contributed by atoms with Crippen molar-refractivity contribution >= 4 is 35.0 Å². The van der Waals surface area contributed by atoms with Gasteiger partial charge in [-0.2, -0.15) is 0 Å². The molecule has 5 nitrogen and oxygen atoms in total. The topological polar surface area (TPSA) is 67.4 Å². The first-order chi connectivity index (χ1) is 12.4. The van der Waals surface area contributed by atoms with E-state index >= 15 is 0 Å². The van der Waals surface area contributed by atoms with Crippen LogP contribution in [-0.2, 0) is 9.59 Å². The standard InChI is InChI=1S/C20H24N2O3S/c1-13-5-6-17(11-14(13)2)21-19(23)12-26-15(3)20(24)22-16-7-9-18(25-4)10-8-16/h5-11,15H,12H2,1-4H3,(H,21,23)(H,22,24). The van der Waals surface area contributed by atoms with Crippen LogP contribution in [0.5, 0.6) is 5.75 Å². The summed E-state index contributed by atoms with van der Waals surface area (Å²) in [6.45, 7) is 5.82. The van der Waals surface area contributed by atoms with Crippen molar-refractivity contribution in [3.05, 3.63) is 53.6 Å². The summed E-state index contributed by atoms with van der Waals surface area (Å²) in [5, 5.41) is 5.35. The second kappa shape index (κ2) is 9.29. The molecule has 0 spiro atoms. The zero-order valence-electron chi connectivity index (χ0n) is 15.5. The van der Waals surface area contributed by atoms with Crippen molar-refractivity contribution in [2.24, 2.45) is 0 Å². The largest absolute Gasteiger partial charge is 0.497 e. The monoisotopic (exact) mass is 372 g/mol. The molecule has 2 N–H and O–H groups in total. The molecular formula is C20H24N2O3S. The molecule has 0 heterocycles. The third kappa shape index (κ3) is 5.81. The SMILES string of the molecule is COc1ccc(NC(=O)C(C)SCC(=O)Nc2ccc(C)c(C)c2)cc1. The maximum absolute atomic E-state index is 12.2. The van der Waals surface area contributed by atoms with Gasteiger partial charge in [0.25, 0.3) is 0 Å². The van der Waals surface area contributed by atoms with Crippen LogP contribution in [0.15, 0.2) is 42.5 Å². The molecule has 1 atom stereocenters. The van der Waals surface area contributed by atoms with E-state index in [2.05, 4.69) is 10.6 Å². The summed E-state index contributed by atoms with van der Waals surface area (Å²) in [5.41, 5.74) is 3.78. The van der Waals surface area contributed by atoms with Crippen LogP contribution in [0.2, 0.25) is 0 Å². The Labute approximate surface area is 158 Å². The van der Waals surface area contributed by atoms with Gasteiger partial charge in [0.15, 0.2) is 0 Å². The molecule has 0 aliphatic heterocycles.